The van der Waals surface area contributed by atoms with E-state index in [1.165, 1.54) is 12.1 Å². The largest absolute Gasteiger partial charge is 0.339 e. The Labute approximate surface area is 117 Å². The van der Waals surface area contributed by atoms with Gasteiger partial charge in [-0.25, -0.2) is 4.39 Å². The summed E-state index contributed by atoms with van der Waals surface area (Å²) in [6, 6.07) is 4.62. The Morgan fingerprint density at radius 2 is 2.15 bits per heavy atom. The fourth-order valence-electron chi connectivity index (χ4n) is 2.62. The number of rotatable bonds is 3. The summed E-state index contributed by atoms with van der Waals surface area (Å²) >= 11 is 0. The first-order valence-electron chi connectivity index (χ1n) is 7.02. The zero-order valence-corrected chi connectivity index (χ0v) is 11.5. The van der Waals surface area contributed by atoms with E-state index in [-0.39, 0.29) is 5.82 Å². The number of halogens is 1. The first kappa shape index (κ1) is 13.2. The fraction of sp³-hybridized carbons (Fsp3) is 0.467. The van der Waals surface area contributed by atoms with Crippen LogP contribution in [-0.2, 0) is 6.42 Å². The average Bonchev–Trinajstić information content (AvgIpc) is 2.91. The molecule has 20 heavy (non-hydrogen) atoms. The molecular formula is C15H18FN3O. The predicted molar refractivity (Wildman–Crippen MR) is 73.7 cm³/mol. The van der Waals surface area contributed by atoms with Crippen LogP contribution >= 0.6 is 0 Å². The summed E-state index contributed by atoms with van der Waals surface area (Å²) in [5, 5.41) is 7.32. The van der Waals surface area contributed by atoms with Crippen molar-refractivity contribution in [2.24, 2.45) is 5.92 Å². The topological polar surface area (TPSA) is 51.0 Å². The van der Waals surface area contributed by atoms with Crippen molar-refractivity contribution in [2.45, 2.75) is 26.2 Å². The summed E-state index contributed by atoms with van der Waals surface area (Å²) in [5.74, 6) is 1.44. The van der Waals surface area contributed by atoms with Crippen molar-refractivity contribution < 1.29 is 8.91 Å². The van der Waals surface area contributed by atoms with Gasteiger partial charge in [-0.1, -0.05) is 11.2 Å². The minimum Gasteiger partial charge on any atom is -0.339 e. The molecule has 0 spiro atoms. The molecule has 0 aliphatic carbocycles. The molecule has 0 bridgehead atoms. The molecule has 106 valence electrons. The molecule has 1 aliphatic rings. The van der Waals surface area contributed by atoms with Gasteiger partial charge < -0.3 is 9.84 Å². The average molecular weight is 275 g/mol. The highest BCUT2D eigenvalue weighted by molar-refractivity contribution is 5.59. The van der Waals surface area contributed by atoms with Gasteiger partial charge in [0, 0.05) is 12.0 Å². The summed E-state index contributed by atoms with van der Waals surface area (Å²) in [7, 11) is 0. The third-order valence-electron chi connectivity index (χ3n) is 3.83. The highest BCUT2D eigenvalue weighted by atomic mass is 19.1. The van der Waals surface area contributed by atoms with E-state index in [1.807, 2.05) is 6.92 Å². The lowest BCUT2D eigenvalue weighted by Gasteiger charge is -2.20. The maximum Gasteiger partial charge on any atom is 0.227 e. The molecule has 2 aromatic rings. The van der Waals surface area contributed by atoms with Gasteiger partial charge >= 0.3 is 0 Å². The van der Waals surface area contributed by atoms with Crippen LogP contribution in [0, 0.1) is 18.7 Å². The molecular weight excluding hydrogens is 257 g/mol. The van der Waals surface area contributed by atoms with Crippen molar-refractivity contribution in [1.29, 1.82) is 0 Å². The van der Waals surface area contributed by atoms with Gasteiger partial charge in [0.15, 0.2) is 0 Å². The Morgan fingerprint density at radius 1 is 1.35 bits per heavy atom. The maximum atomic E-state index is 13.3. The SMILES string of the molecule is Cc1ccc(F)cc1-c1noc(CC2CCNCC2)n1. The number of nitrogens with zero attached hydrogens (tertiary/aromatic N) is 2. The molecule has 1 fully saturated rings. The van der Waals surface area contributed by atoms with Gasteiger partial charge in [-0.15, -0.1) is 0 Å². The standard InChI is InChI=1S/C15H18FN3O/c1-10-2-3-12(16)9-13(10)15-18-14(20-19-15)8-11-4-6-17-7-5-11/h2-3,9,11,17H,4-8H2,1H3. The van der Waals surface area contributed by atoms with E-state index in [9.17, 15) is 4.39 Å². The van der Waals surface area contributed by atoms with Crippen LogP contribution in [0.2, 0.25) is 0 Å². The quantitative estimate of drug-likeness (QED) is 0.935. The number of hydrogen-bond donors (Lipinski definition) is 1. The molecule has 0 radical (unpaired) electrons. The van der Waals surface area contributed by atoms with Crippen LogP contribution in [0.15, 0.2) is 22.7 Å². The van der Waals surface area contributed by atoms with Crippen molar-refractivity contribution in [3.63, 3.8) is 0 Å². The van der Waals surface area contributed by atoms with Gasteiger partial charge in [0.05, 0.1) is 0 Å². The zero-order valence-electron chi connectivity index (χ0n) is 11.5. The number of benzene rings is 1. The van der Waals surface area contributed by atoms with Gasteiger partial charge in [-0.3, -0.25) is 0 Å². The summed E-state index contributed by atoms with van der Waals surface area (Å²) < 4.78 is 18.6. The first-order valence-corrected chi connectivity index (χ1v) is 7.02. The number of piperidine rings is 1. The smallest absolute Gasteiger partial charge is 0.227 e. The molecule has 0 saturated carbocycles. The van der Waals surface area contributed by atoms with E-state index in [1.54, 1.807) is 6.07 Å². The summed E-state index contributed by atoms with van der Waals surface area (Å²) in [5.41, 5.74) is 1.64. The highest BCUT2D eigenvalue weighted by Gasteiger charge is 2.18. The molecule has 1 aliphatic heterocycles. The van der Waals surface area contributed by atoms with E-state index >= 15 is 0 Å². The minimum absolute atomic E-state index is 0.282. The van der Waals surface area contributed by atoms with Gasteiger partial charge in [-0.05, 0) is 56.5 Å². The van der Waals surface area contributed by atoms with Crippen LogP contribution in [0.25, 0.3) is 11.4 Å². The normalized spacial score (nSPS) is 16.5. The van der Waals surface area contributed by atoms with Gasteiger partial charge in [-0.2, -0.15) is 4.98 Å². The lowest BCUT2D eigenvalue weighted by Crippen LogP contribution is -2.28. The second kappa shape index (κ2) is 5.71. The number of nitrogens with one attached hydrogen (secondary N) is 1. The molecule has 1 aromatic heterocycles. The van der Waals surface area contributed by atoms with Crippen LogP contribution in [-0.4, -0.2) is 23.2 Å². The van der Waals surface area contributed by atoms with Gasteiger partial charge in [0.2, 0.25) is 11.7 Å². The van der Waals surface area contributed by atoms with Crippen LogP contribution in [0.3, 0.4) is 0 Å². The fourth-order valence-corrected chi connectivity index (χ4v) is 2.62. The molecule has 1 aromatic carbocycles. The van der Waals surface area contributed by atoms with E-state index in [2.05, 4.69) is 15.5 Å². The van der Waals surface area contributed by atoms with Crippen LogP contribution < -0.4 is 5.32 Å². The van der Waals surface area contributed by atoms with Crippen LogP contribution in [0.5, 0.6) is 0 Å². The van der Waals surface area contributed by atoms with E-state index in [0.717, 1.165) is 37.9 Å². The maximum absolute atomic E-state index is 13.3. The molecule has 3 rings (SSSR count). The number of hydrogen-bond acceptors (Lipinski definition) is 4. The Balaban J connectivity index is 1.77. The lowest BCUT2D eigenvalue weighted by molar-refractivity contribution is 0.313. The zero-order chi connectivity index (χ0) is 13.9. The number of aryl methyl sites for hydroxylation is 1. The summed E-state index contributed by atoms with van der Waals surface area (Å²) in [4.78, 5) is 4.41. The van der Waals surface area contributed by atoms with E-state index in [4.69, 9.17) is 4.52 Å². The summed E-state index contributed by atoms with van der Waals surface area (Å²) in [6.45, 7) is 4.01. The molecule has 0 atom stereocenters. The second-order valence-electron chi connectivity index (χ2n) is 5.37. The molecule has 1 N–H and O–H groups in total. The third-order valence-corrected chi connectivity index (χ3v) is 3.83. The Hall–Kier alpha value is -1.75. The van der Waals surface area contributed by atoms with Crippen LogP contribution in [0.1, 0.15) is 24.3 Å². The van der Waals surface area contributed by atoms with Crippen molar-refractivity contribution in [2.75, 3.05) is 13.1 Å². The lowest BCUT2D eigenvalue weighted by atomic mass is 9.95. The van der Waals surface area contributed by atoms with Gasteiger partial charge in [0.1, 0.15) is 5.82 Å². The second-order valence-corrected chi connectivity index (χ2v) is 5.37. The van der Waals surface area contributed by atoms with Crippen molar-refractivity contribution in [3.05, 3.63) is 35.5 Å². The Morgan fingerprint density at radius 3 is 2.95 bits per heavy atom. The Kier molecular flexibility index (Phi) is 3.78. The molecule has 4 nitrogen and oxygen atoms in total. The van der Waals surface area contributed by atoms with E-state index < -0.39 is 0 Å². The molecule has 0 unspecified atom stereocenters. The molecule has 0 amide bonds. The molecule has 2 heterocycles. The van der Waals surface area contributed by atoms with Crippen molar-refractivity contribution in [1.82, 2.24) is 15.5 Å². The third kappa shape index (κ3) is 2.88. The van der Waals surface area contributed by atoms with E-state index in [0.29, 0.717) is 23.2 Å². The summed E-state index contributed by atoms with van der Waals surface area (Å²) in [6.07, 6.45) is 3.08. The molecule has 1 saturated heterocycles. The molecule has 5 heteroatoms. The van der Waals surface area contributed by atoms with Crippen molar-refractivity contribution >= 4 is 0 Å². The predicted octanol–water partition coefficient (Wildman–Crippen LogP) is 2.73. The minimum atomic E-state index is -0.282. The number of aromatic nitrogens is 2. The van der Waals surface area contributed by atoms with Crippen LogP contribution in [0.4, 0.5) is 4.39 Å². The monoisotopic (exact) mass is 275 g/mol. The first-order chi connectivity index (χ1) is 9.72. The Bertz CT molecular complexity index is 591. The van der Waals surface area contributed by atoms with Crippen molar-refractivity contribution in [3.8, 4) is 11.4 Å². The highest BCUT2D eigenvalue weighted by Crippen LogP contribution is 2.23. The van der Waals surface area contributed by atoms with Gasteiger partial charge in [0.25, 0.3) is 0 Å².